The predicted octanol–water partition coefficient (Wildman–Crippen LogP) is 3.09. The number of carbonyl (C=O) groups excluding carboxylic acids is 2. The van der Waals surface area contributed by atoms with Crippen LogP contribution in [0.15, 0.2) is 36.0 Å². The molecule has 0 aliphatic carbocycles. The van der Waals surface area contributed by atoms with Gasteiger partial charge in [-0.2, -0.15) is 0 Å². The minimum Gasteiger partial charge on any atom is -0.462 e. The van der Waals surface area contributed by atoms with Gasteiger partial charge in [-0.15, -0.1) is 0 Å². The van der Waals surface area contributed by atoms with Crippen LogP contribution in [0.3, 0.4) is 0 Å². The number of hydrogen-bond acceptors (Lipinski definition) is 4. The summed E-state index contributed by atoms with van der Waals surface area (Å²) in [5.74, 6) is -1.00. The number of hydrogen-bond donors (Lipinski definition) is 2. The Labute approximate surface area is 163 Å². The Bertz CT molecular complexity index is 685. The molecule has 0 radical (unpaired) electrons. The van der Waals surface area contributed by atoms with Gasteiger partial charge in [-0.25, -0.2) is 4.79 Å². The van der Waals surface area contributed by atoms with E-state index in [-0.39, 0.29) is 23.2 Å². The highest BCUT2D eigenvalue weighted by Gasteiger charge is 2.26. The van der Waals surface area contributed by atoms with E-state index in [1.807, 2.05) is 0 Å². The number of benzene rings is 1. The summed E-state index contributed by atoms with van der Waals surface area (Å²) in [6.45, 7) is 3.17. The van der Waals surface area contributed by atoms with Gasteiger partial charge < -0.3 is 20.3 Å². The number of likely N-dealkylation sites (tertiary alicyclic amines) is 1. The molecule has 1 amide bonds. The zero-order chi connectivity index (χ0) is 18.9. The summed E-state index contributed by atoms with van der Waals surface area (Å²) in [4.78, 5) is 26.5. The lowest BCUT2D eigenvalue weighted by Gasteiger charge is -2.27. The molecule has 2 rings (SSSR count). The van der Waals surface area contributed by atoms with Crippen LogP contribution in [-0.4, -0.2) is 41.6 Å². The molecule has 0 unspecified atom stereocenters. The Hall–Kier alpha value is -2.12. The van der Waals surface area contributed by atoms with Crippen LogP contribution in [0.25, 0.3) is 0 Å². The Morgan fingerprint density at radius 3 is 2.50 bits per heavy atom. The van der Waals surface area contributed by atoms with Crippen molar-refractivity contribution in [1.82, 2.24) is 10.2 Å². The van der Waals surface area contributed by atoms with Gasteiger partial charge in [0.2, 0.25) is 0 Å². The fourth-order valence-electron chi connectivity index (χ4n) is 2.52. The van der Waals surface area contributed by atoms with E-state index < -0.39 is 5.97 Å². The quantitative estimate of drug-likeness (QED) is 0.262. The predicted molar refractivity (Wildman–Crippen MR) is 106 cm³/mol. The van der Waals surface area contributed by atoms with Crippen molar-refractivity contribution in [3.8, 4) is 0 Å². The standard InChI is InChI=1S/C18H22ClN3O3S/c1-2-25-17(24)15(16(23)22-10-4-3-5-11-22)12-20-18(26)21-14-8-6-13(19)7-9-14/h6-9,12H,2-5,10-11H2,1H3,(H2,20,21,26). The van der Waals surface area contributed by atoms with Crippen molar-refractivity contribution in [1.29, 1.82) is 0 Å². The molecule has 2 N–H and O–H groups in total. The summed E-state index contributed by atoms with van der Waals surface area (Å²) in [6, 6.07) is 6.99. The smallest absolute Gasteiger partial charge is 0.345 e. The van der Waals surface area contributed by atoms with Gasteiger partial charge >= 0.3 is 5.97 Å². The average Bonchev–Trinajstić information content (AvgIpc) is 2.64. The van der Waals surface area contributed by atoms with Crippen LogP contribution in [0.4, 0.5) is 5.69 Å². The van der Waals surface area contributed by atoms with E-state index in [0.717, 1.165) is 24.9 Å². The number of ether oxygens (including phenoxy) is 1. The minimum atomic E-state index is -0.662. The molecule has 0 bridgehead atoms. The normalized spacial score (nSPS) is 14.5. The fourth-order valence-corrected chi connectivity index (χ4v) is 2.83. The van der Waals surface area contributed by atoms with Crippen molar-refractivity contribution in [3.63, 3.8) is 0 Å². The molecule has 8 heteroatoms. The Morgan fingerprint density at radius 2 is 1.88 bits per heavy atom. The zero-order valence-corrected chi connectivity index (χ0v) is 16.2. The second-order valence-electron chi connectivity index (χ2n) is 5.74. The SMILES string of the molecule is CCOC(=O)C(=CNC(=S)Nc1ccc(Cl)cc1)C(=O)N1CCCCC1. The van der Waals surface area contributed by atoms with Crippen LogP contribution in [0.5, 0.6) is 0 Å². The van der Waals surface area contributed by atoms with Gasteiger partial charge in [0.05, 0.1) is 6.61 Å². The number of carbonyl (C=O) groups is 2. The lowest BCUT2D eigenvalue weighted by atomic mass is 10.1. The third kappa shape index (κ3) is 6.00. The van der Waals surface area contributed by atoms with E-state index in [2.05, 4.69) is 10.6 Å². The maximum atomic E-state index is 12.7. The summed E-state index contributed by atoms with van der Waals surface area (Å²) >= 11 is 11.0. The molecular formula is C18H22ClN3O3S. The molecular weight excluding hydrogens is 374 g/mol. The van der Waals surface area contributed by atoms with Gasteiger partial charge in [0.25, 0.3) is 5.91 Å². The molecule has 1 fully saturated rings. The molecule has 6 nitrogen and oxygen atoms in total. The molecule has 1 aliphatic rings. The fraction of sp³-hybridized carbons (Fsp3) is 0.389. The molecule has 1 aromatic carbocycles. The molecule has 1 saturated heterocycles. The van der Waals surface area contributed by atoms with Gasteiger partial charge in [-0.05, 0) is 62.7 Å². The van der Waals surface area contributed by atoms with E-state index in [1.165, 1.54) is 6.20 Å². The summed E-state index contributed by atoms with van der Waals surface area (Å²) < 4.78 is 5.01. The second-order valence-corrected chi connectivity index (χ2v) is 6.58. The van der Waals surface area contributed by atoms with Gasteiger partial charge in [0.1, 0.15) is 5.57 Å². The van der Waals surface area contributed by atoms with Crippen molar-refractivity contribution in [2.45, 2.75) is 26.2 Å². The lowest BCUT2D eigenvalue weighted by Crippen LogP contribution is -2.39. The molecule has 0 spiro atoms. The molecule has 1 aliphatic heterocycles. The van der Waals surface area contributed by atoms with Crippen molar-refractivity contribution in [3.05, 3.63) is 41.1 Å². The highest BCUT2D eigenvalue weighted by Crippen LogP contribution is 2.14. The minimum absolute atomic E-state index is 0.0611. The van der Waals surface area contributed by atoms with Gasteiger partial charge in [-0.1, -0.05) is 11.6 Å². The number of halogens is 1. The van der Waals surface area contributed by atoms with Crippen molar-refractivity contribution >= 4 is 46.5 Å². The number of anilines is 1. The first-order valence-electron chi connectivity index (χ1n) is 8.51. The van der Waals surface area contributed by atoms with Crippen LogP contribution in [0.1, 0.15) is 26.2 Å². The largest absolute Gasteiger partial charge is 0.462 e. The number of rotatable bonds is 5. The molecule has 0 atom stereocenters. The van der Waals surface area contributed by atoms with Gasteiger partial charge in [0.15, 0.2) is 5.11 Å². The molecule has 26 heavy (non-hydrogen) atoms. The van der Waals surface area contributed by atoms with Crippen LogP contribution in [0.2, 0.25) is 5.02 Å². The first-order valence-corrected chi connectivity index (χ1v) is 9.29. The second kappa shape index (κ2) is 10.1. The van der Waals surface area contributed by atoms with E-state index in [4.69, 9.17) is 28.6 Å². The van der Waals surface area contributed by atoms with E-state index in [0.29, 0.717) is 18.1 Å². The topological polar surface area (TPSA) is 70.7 Å². The summed E-state index contributed by atoms with van der Waals surface area (Å²) in [5, 5.41) is 6.60. The van der Waals surface area contributed by atoms with Crippen LogP contribution in [0, 0.1) is 0 Å². The number of esters is 1. The monoisotopic (exact) mass is 395 g/mol. The van der Waals surface area contributed by atoms with Crippen LogP contribution in [-0.2, 0) is 14.3 Å². The third-order valence-corrected chi connectivity index (χ3v) is 4.29. The van der Waals surface area contributed by atoms with E-state index >= 15 is 0 Å². The molecule has 140 valence electrons. The van der Waals surface area contributed by atoms with E-state index in [9.17, 15) is 9.59 Å². The Balaban J connectivity index is 2.05. The lowest BCUT2D eigenvalue weighted by molar-refractivity contribution is -0.142. The highest BCUT2D eigenvalue weighted by atomic mass is 35.5. The number of nitrogens with zero attached hydrogens (tertiary/aromatic N) is 1. The summed E-state index contributed by atoms with van der Waals surface area (Å²) in [7, 11) is 0. The summed E-state index contributed by atoms with van der Waals surface area (Å²) in [6.07, 6.45) is 4.27. The number of amides is 1. The number of thiocarbonyl (C=S) groups is 1. The third-order valence-electron chi connectivity index (χ3n) is 3.82. The van der Waals surface area contributed by atoms with Crippen molar-refractivity contribution in [2.24, 2.45) is 0 Å². The first kappa shape index (κ1) is 20.2. The van der Waals surface area contributed by atoms with Gasteiger partial charge in [0, 0.05) is 30.0 Å². The van der Waals surface area contributed by atoms with Crippen molar-refractivity contribution in [2.75, 3.05) is 25.0 Å². The van der Waals surface area contributed by atoms with Gasteiger partial charge in [-0.3, -0.25) is 4.79 Å². The van der Waals surface area contributed by atoms with Crippen LogP contribution >= 0.6 is 23.8 Å². The first-order chi connectivity index (χ1) is 12.5. The molecule has 0 saturated carbocycles. The molecule has 1 aromatic rings. The number of piperidine rings is 1. The summed E-state index contributed by atoms with van der Waals surface area (Å²) in [5.41, 5.74) is 0.675. The highest BCUT2D eigenvalue weighted by molar-refractivity contribution is 7.80. The maximum absolute atomic E-state index is 12.7. The maximum Gasteiger partial charge on any atom is 0.345 e. The van der Waals surface area contributed by atoms with Crippen LogP contribution < -0.4 is 10.6 Å². The molecule has 1 heterocycles. The Morgan fingerprint density at radius 1 is 1.23 bits per heavy atom. The average molecular weight is 396 g/mol. The Kier molecular flexibility index (Phi) is 7.87. The number of nitrogens with one attached hydrogen (secondary N) is 2. The van der Waals surface area contributed by atoms with Crippen molar-refractivity contribution < 1.29 is 14.3 Å². The van der Waals surface area contributed by atoms with E-state index in [1.54, 1.807) is 36.1 Å². The zero-order valence-electron chi connectivity index (χ0n) is 14.6. The molecule has 0 aromatic heterocycles.